The predicted molar refractivity (Wildman–Crippen MR) is 47.4 cm³/mol. The van der Waals surface area contributed by atoms with Crippen molar-refractivity contribution in [3.8, 4) is 0 Å². The van der Waals surface area contributed by atoms with E-state index in [1.54, 1.807) is 6.92 Å². The molecular weight excluding hydrogens is 150 g/mol. The second-order valence-electron chi connectivity index (χ2n) is 3.93. The van der Waals surface area contributed by atoms with Gasteiger partial charge >= 0.3 is 0 Å². The maximum absolute atomic E-state index is 11.3. The largest absolute Gasteiger partial charge is 0.340 e. The molecule has 67 valence electrons. The first kappa shape index (κ1) is 8.09. The summed E-state index contributed by atoms with van der Waals surface area (Å²) in [5.41, 5.74) is 0. The fourth-order valence-corrected chi connectivity index (χ4v) is 2.13. The molecule has 2 fully saturated rings. The molecule has 0 aromatic carbocycles. The van der Waals surface area contributed by atoms with E-state index in [1.165, 1.54) is 12.8 Å². The Morgan fingerprint density at radius 1 is 1.50 bits per heavy atom. The second kappa shape index (κ2) is 3.08. The molecule has 2 aliphatic rings. The molecule has 1 aliphatic heterocycles. The normalized spacial score (nSPS) is 30.4. The molecular formula is C10H16NO. The van der Waals surface area contributed by atoms with Crippen molar-refractivity contribution in [2.24, 2.45) is 5.92 Å². The van der Waals surface area contributed by atoms with E-state index in [-0.39, 0.29) is 5.91 Å². The molecule has 2 nitrogen and oxygen atoms in total. The summed E-state index contributed by atoms with van der Waals surface area (Å²) >= 11 is 0. The Bertz CT molecular complexity index is 186. The van der Waals surface area contributed by atoms with Gasteiger partial charge in [-0.05, 0) is 38.0 Å². The molecule has 0 aromatic heterocycles. The van der Waals surface area contributed by atoms with Gasteiger partial charge in [0.15, 0.2) is 0 Å². The number of nitrogens with zero attached hydrogens (tertiary/aromatic N) is 1. The highest BCUT2D eigenvalue weighted by Crippen LogP contribution is 2.39. The van der Waals surface area contributed by atoms with Crippen molar-refractivity contribution >= 4 is 5.91 Å². The zero-order valence-corrected chi connectivity index (χ0v) is 7.62. The third-order valence-corrected chi connectivity index (χ3v) is 2.95. The lowest BCUT2D eigenvalue weighted by Crippen LogP contribution is -2.43. The van der Waals surface area contributed by atoms with Crippen molar-refractivity contribution < 1.29 is 4.79 Å². The van der Waals surface area contributed by atoms with Crippen molar-refractivity contribution in [1.82, 2.24) is 4.90 Å². The van der Waals surface area contributed by atoms with Crippen molar-refractivity contribution in [2.75, 3.05) is 6.54 Å². The van der Waals surface area contributed by atoms with Crippen LogP contribution in [0, 0.1) is 12.3 Å². The molecule has 0 bridgehead atoms. The Morgan fingerprint density at radius 3 is 2.83 bits per heavy atom. The van der Waals surface area contributed by atoms with E-state index in [9.17, 15) is 4.79 Å². The van der Waals surface area contributed by atoms with E-state index in [0.29, 0.717) is 6.04 Å². The van der Waals surface area contributed by atoms with Gasteiger partial charge in [0, 0.05) is 19.5 Å². The van der Waals surface area contributed by atoms with Crippen LogP contribution >= 0.6 is 0 Å². The Kier molecular flexibility index (Phi) is 2.07. The number of hydrogen-bond donors (Lipinski definition) is 0. The van der Waals surface area contributed by atoms with Crippen LogP contribution in [0.3, 0.4) is 0 Å². The molecule has 1 aliphatic carbocycles. The summed E-state index contributed by atoms with van der Waals surface area (Å²) in [4.78, 5) is 13.3. The molecule has 1 heterocycles. The Balaban J connectivity index is 2.00. The Morgan fingerprint density at radius 2 is 2.25 bits per heavy atom. The van der Waals surface area contributed by atoms with E-state index < -0.39 is 0 Å². The lowest BCUT2D eigenvalue weighted by atomic mass is 9.98. The number of likely N-dealkylation sites (tertiary alicyclic amines) is 1. The number of hydrogen-bond acceptors (Lipinski definition) is 1. The number of amides is 1. The molecule has 2 heteroatoms. The zero-order chi connectivity index (χ0) is 8.55. The Hall–Kier alpha value is -0.530. The van der Waals surface area contributed by atoms with Crippen LogP contribution in [0.15, 0.2) is 0 Å². The van der Waals surface area contributed by atoms with Crippen LogP contribution < -0.4 is 0 Å². The second-order valence-corrected chi connectivity index (χ2v) is 3.93. The average Bonchev–Trinajstić information content (AvgIpc) is 2.87. The molecule has 1 amide bonds. The fourth-order valence-electron chi connectivity index (χ4n) is 2.13. The molecule has 0 N–H and O–H groups in total. The van der Waals surface area contributed by atoms with Gasteiger partial charge in [-0.25, -0.2) is 0 Å². The molecule has 1 radical (unpaired) electrons. The SMILES string of the molecule is CC(=O)N1CC[CH]CC1C1CC1. The van der Waals surface area contributed by atoms with Crippen molar-refractivity contribution in [1.29, 1.82) is 0 Å². The smallest absolute Gasteiger partial charge is 0.219 e. The third-order valence-electron chi connectivity index (χ3n) is 2.95. The number of piperidine rings is 1. The molecule has 12 heavy (non-hydrogen) atoms. The lowest BCUT2D eigenvalue weighted by Gasteiger charge is -2.35. The Labute approximate surface area is 73.9 Å². The highest BCUT2D eigenvalue weighted by Gasteiger charge is 2.37. The predicted octanol–water partition coefficient (Wildman–Crippen LogP) is 1.61. The van der Waals surface area contributed by atoms with Crippen LogP contribution in [-0.2, 0) is 4.79 Å². The standard InChI is InChI=1S/C10H16NO/c1-8(12)11-7-3-2-4-10(11)9-5-6-9/h2,9-10H,3-7H2,1H3. The topological polar surface area (TPSA) is 20.3 Å². The van der Waals surface area contributed by atoms with Crippen molar-refractivity contribution in [3.63, 3.8) is 0 Å². The first-order valence-corrected chi connectivity index (χ1v) is 4.88. The summed E-state index contributed by atoms with van der Waals surface area (Å²) < 4.78 is 0. The summed E-state index contributed by atoms with van der Waals surface area (Å²) in [6.45, 7) is 2.65. The zero-order valence-electron chi connectivity index (χ0n) is 7.62. The van der Waals surface area contributed by atoms with Crippen molar-refractivity contribution in [2.45, 2.75) is 38.6 Å². The minimum atomic E-state index is 0.264. The maximum Gasteiger partial charge on any atom is 0.219 e. The van der Waals surface area contributed by atoms with E-state index in [1.807, 2.05) is 0 Å². The highest BCUT2D eigenvalue weighted by atomic mass is 16.2. The summed E-state index contributed by atoms with van der Waals surface area (Å²) in [6.07, 6.45) is 7.22. The van der Waals surface area contributed by atoms with E-state index in [4.69, 9.17) is 0 Å². The molecule has 0 spiro atoms. The lowest BCUT2D eigenvalue weighted by molar-refractivity contribution is -0.132. The number of carbonyl (C=O) groups is 1. The third kappa shape index (κ3) is 1.47. The van der Waals surface area contributed by atoms with Gasteiger partial charge in [0.05, 0.1) is 0 Å². The number of rotatable bonds is 1. The van der Waals surface area contributed by atoms with Crippen LogP contribution in [0.5, 0.6) is 0 Å². The van der Waals surface area contributed by atoms with Crippen LogP contribution in [0.1, 0.15) is 32.6 Å². The van der Waals surface area contributed by atoms with Crippen LogP contribution in [0.4, 0.5) is 0 Å². The van der Waals surface area contributed by atoms with Crippen LogP contribution in [0.25, 0.3) is 0 Å². The van der Waals surface area contributed by atoms with E-state index in [2.05, 4.69) is 11.3 Å². The van der Waals surface area contributed by atoms with E-state index in [0.717, 1.165) is 25.3 Å². The summed E-state index contributed by atoms with van der Waals surface area (Å²) in [5.74, 6) is 1.09. The van der Waals surface area contributed by atoms with Crippen LogP contribution in [0.2, 0.25) is 0 Å². The monoisotopic (exact) mass is 166 g/mol. The minimum Gasteiger partial charge on any atom is -0.340 e. The fraction of sp³-hybridized carbons (Fsp3) is 0.800. The minimum absolute atomic E-state index is 0.264. The quantitative estimate of drug-likeness (QED) is 0.579. The van der Waals surface area contributed by atoms with Gasteiger partial charge in [0.25, 0.3) is 0 Å². The van der Waals surface area contributed by atoms with Gasteiger partial charge in [0.1, 0.15) is 0 Å². The van der Waals surface area contributed by atoms with Crippen molar-refractivity contribution in [3.05, 3.63) is 6.42 Å². The molecule has 1 unspecified atom stereocenters. The van der Waals surface area contributed by atoms with Gasteiger partial charge in [-0.1, -0.05) is 0 Å². The number of carbonyl (C=O) groups excluding carboxylic acids is 1. The summed E-state index contributed by atoms with van der Waals surface area (Å²) in [7, 11) is 0. The van der Waals surface area contributed by atoms with Gasteiger partial charge in [-0.3, -0.25) is 4.79 Å². The molecule has 2 rings (SSSR count). The van der Waals surface area contributed by atoms with Gasteiger partial charge < -0.3 is 4.90 Å². The molecule has 1 atom stereocenters. The maximum atomic E-state index is 11.3. The van der Waals surface area contributed by atoms with Gasteiger partial charge in [-0.15, -0.1) is 0 Å². The van der Waals surface area contributed by atoms with Gasteiger partial charge in [0.2, 0.25) is 5.91 Å². The van der Waals surface area contributed by atoms with Crippen LogP contribution in [-0.4, -0.2) is 23.4 Å². The van der Waals surface area contributed by atoms with E-state index >= 15 is 0 Å². The van der Waals surface area contributed by atoms with Gasteiger partial charge in [-0.2, -0.15) is 0 Å². The molecule has 0 aromatic rings. The average molecular weight is 166 g/mol. The summed E-state index contributed by atoms with van der Waals surface area (Å²) in [6, 6.07) is 0.552. The molecule has 1 saturated carbocycles. The highest BCUT2D eigenvalue weighted by molar-refractivity contribution is 5.73. The first-order chi connectivity index (χ1) is 5.79. The first-order valence-electron chi connectivity index (χ1n) is 4.88. The molecule has 1 saturated heterocycles. The summed E-state index contributed by atoms with van der Waals surface area (Å²) in [5, 5.41) is 0.